The summed E-state index contributed by atoms with van der Waals surface area (Å²) in [7, 11) is 3.10. The van der Waals surface area contributed by atoms with Gasteiger partial charge in [-0.25, -0.2) is 0 Å². The quantitative estimate of drug-likeness (QED) is 0.561. The third-order valence-electron chi connectivity index (χ3n) is 3.88. The molecule has 26 heavy (non-hydrogen) atoms. The zero-order valence-electron chi connectivity index (χ0n) is 15.1. The fraction of sp³-hybridized carbons (Fsp3) is 0.300. The number of nitrogens with one attached hydrogen (secondary N) is 2. The molecule has 0 saturated heterocycles. The molecule has 0 aliphatic rings. The molecule has 2 rings (SSSR count). The zero-order valence-corrected chi connectivity index (χ0v) is 15.1. The molecule has 0 atom stereocenters. The highest BCUT2D eigenvalue weighted by Crippen LogP contribution is 2.27. The summed E-state index contributed by atoms with van der Waals surface area (Å²) in [4.78, 5) is 23.7. The van der Waals surface area contributed by atoms with Crippen molar-refractivity contribution in [2.24, 2.45) is 0 Å². The molecule has 0 heterocycles. The van der Waals surface area contributed by atoms with Crippen LogP contribution in [-0.4, -0.2) is 32.6 Å². The van der Waals surface area contributed by atoms with E-state index in [9.17, 15) is 9.59 Å². The fourth-order valence-electron chi connectivity index (χ4n) is 2.47. The Morgan fingerprint density at radius 1 is 0.846 bits per heavy atom. The number of methoxy groups -OCH3 is 2. The number of rotatable bonds is 8. The molecule has 0 bridgehead atoms. The lowest BCUT2D eigenvalue weighted by molar-refractivity contribution is -0.139. The summed E-state index contributed by atoms with van der Waals surface area (Å²) in [6.07, 6.45) is 1.63. The summed E-state index contributed by atoms with van der Waals surface area (Å²) >= 11 is 0. The first-order valence-electron chi connectivity index (χ1n) is 8.45. The van der Waals surface area contributed by atoms with Gasteiger partial charge < -0.3 is 20.1 Å². The van der Waals surface area contributed by atoms with E-state index in [1.807, 2.05) is 30.3 Å². The van der Waals surface area contributed by atoms with Crippen molar-refractivity contribution in [1.29, 1.82) is 0 Å². The third kappa shape index (κ3) is 5.81. The first-order valence-corrected chi connectivity index (χ1v) is 8.45. The van der Waals surface area contributed by atoms with Crippen LogP contribution in [0.1, 0.15) is 17.5 Å². The summed E-state index contributed by atoms with van der Waals surface area (Å²) in [5.41, 5.74) is 2.02. The number of carbonyl (C=O) groups is 2. The van der Waals surface area contributed by atoms with Crippen molar-refractivity contribution in [1.82, 2.24) is 10.6 Å². The first kappa shape index (κ1) is 19.3. The Balaban J connectivity index is 1.72. The largest absolute Gasteiger partial charge is 0.493 e. The summed E-state index contributed by atoms with van der Waals surface area (Å²) < 4.78 is 10.4. The normalized spacial score (nSPS) is 10.1. The van der Waals surface area contributed by atoms with Gasteiger partial charge in [0.05, 0.1) is 14.2 Å². The van der Waals surface area contributed by atoms with Gasteiger partial charge in [-0.1, -0.05) is 36.4 Å². The molecule has 0 fully saturated rings. The molecule has 0 unspecified atom stereocenters. The number of amides is 2. The first-order chi connectivity index (χ1) is 12.6. The number of hydrogen-bond donors (Lipinski definition) is 2. The van der Waals surface area contributed by atoms with E-state index in [1.165, 1.54) is 5.56 Å². The van der Waals surface area contributed by atoms with Crippen LogP contribution in [0.25, 0.3) is 0 Å². The number of ether oxygens (including phenoxy) is 2. The smallest absolute Gasteiger partial charge is 0.309 e. The number of aryl methyl sites for hydroxylation is 1. The van der Waals surface area contributed by atoms with Crippen LogP contribution in [0.2, 0.25) is 0 Å². The van der Waals surface area contributed by atoms with E-state index in [1.54, 1.807) is 32.4 Å². The van der Waals surface area contributed by atoms with Gasteiger partial charge in [0.25, 0.3) is 0 Å². The molecule has 0 radical (unpaired) electrons. The maximum Gasteiger partial charge on any atom is 0.309 e. The summed E-state index contributed by atoms with van der Waals surface area (Å²) in [5, 5.41) is 5.23. The summed E-state index contributed by atoms with van der Waals surface area (Å²) in [6.45, 7) is 0.689. The van der Waals surface area contributed by atoms with Gasteiger partial charge >= 0.3 is 11.8 Å². The van der Waals surface area contributed by atoms with Gasteiger partial charge in [-0.2, -0.15) is 0 Å². The van der Waals surface area contributed by atoms with Crippen molar-refractivity contribution < 1.29 is 19.1 Å². The molecule has 0 saturated carbocycles. The van der Waals surface area contributed by atoms with E-state index >= 15 is 0 Å². The lowest BCUT2D eigenvalue weighted by Crippen LogP contribution is -2.40. The van der Waals surface area contributed by atoms with Crippen molar-refractivity contribution in [3.05, 3.63) is 59.7 Å². The van der Waals surface area contributed by atoms with E-state index in [0.29, 0.717) is 18.0 Å². The van der Waals surface area contributed by atoms with Crippen molar-refractivity contribution >= 4 is 11.8 Å². The van der Waals surface area contributed by atoms with Crippen LogP contribution in [0.4, 0.5) is 0 Å². The molecule has 0 aromatic heterocycles. The van der Waals surface area contributed by atoms with Crippen molar-refractivity contribution in [2.45, 2.75) is 19.4 Å². The van der Waals surface area contributed by atoms with Crippen molar-refractivity contribution in [3.8, 4) is 11.5 Å². The Kier molecular flexibility index (Phi) is 7.49. The van der Waals surface area contributed by atoms with Gasteiger partial charge in [0, 0.05) is 13.1 Å². The molecule has 0 aliphatic heterocycles. The number of benzene rings is 2. The molecule has 2 aromatic carbocycles. The Labute approximate surface area is 153 Å². The van der Waals surface area contributed by atoms with E-state index in [4.69, 9.17) is 9.47 Å². The summed E-state index contributed by atoms with van der Waals surface area (Å²) in [5.74, 6) is -0.0959. The van der Waals surface area contributed by atoms with E-state index < -0.39 is 11.8 Å². The Hall–Kier alpha value is -3.02. The average Bonchev–Trinajstić information content (AvgIpc) is 2.69. The van der Waals surface area contributed by atoms with Gasteiger partial charge in [0.15, 0.2) is 11.5 Å². The predicted molar refractivity (Wildman–Crippen MR) is 99.2 cm³/mol. The van der Waals surface area contributed by atoms with Crippen molar-refractivity contribution in [2.75, 3.05) is 20.8 Å². The monoisotopic (exact) mass is 356 g/mol. The van der Waals surface area contributed by atoms with Gasteiger partial charge in [-0.15, -0.1) is 0 Å². The second kappa shape index (κ2) is 10.1. The van der Waals surface area contributed by atoms with Gasteiger partial charge in [-0.05, 0) is 36.1 Å². The van der Waals surface area contributed by atoms with Crippen LogP contribution in [0, 0.1) is 0 Å². The molecule has 2 N–H and O–H groups in total. The minimum Gasteiger partial charge on any atom is -0.493 e. The van der Waals surface area contributed by atoms with Crippen molar-refractivity contribution in [3.63, 3.8) is 0 Å². The Morgan fingerprint density at radius 2 is 1.54 bits per heavy atom. The molecular weight excluding hydrogens is 332 g/mol. The standard InChI is InChI=1S/C20H24N2O4/c1-25-17-11-10-16(13-18(17)26-2)14-22-20(24)19(23)21-12-6-9-15-7-4-3-5-8-15/h3-5,7-8,10-11,13H,6,9,12,14H2,1-2H3,(H,21,23)(H,22,24). The minimum atomic E-state index is -0.653. The van der Waals surface area contributed by atoms with E-state index in [0.717, 1.165) is 18.4 Å². The van der Waals surface area contributed by atoms with Crippen LogP contribution in [-0.2, 0) is 22.6 Å². The summed E-state index contributed by atoms with van der Waals surface area (Å²) in [6, 6.07) is 15.3. The third-order valence-corrected chi connectivity index (χ3v) is 3.88. The molecule has 6 nitrogen and oxygen atoms in total. The highest BCUT2D eigenvalue weighted by molar-refractivity contribution is 6.35. The second-order valence-electron chi connectivity index (χ2n) is 5.72. The molecule has 2 amide bonds. The highest BCUT2D eigenvalue weighted by atomic mass is 16.5. The highest BCUT2D eigenvalue weighted by Gasteiger charge is 2.13. The average molecular weight is 356 g/mol. The number of carbonyl (C=O) groups excluding carboxylic acids is 2. The van der Waals surface area contributed by atoms with E-state index in [2.05, 4.69) is 10.6 Å². The van der Waals surface area contributed by atoms with Crippen LogP contribution >= 0.6 is 0 Å². The Bertz CT molecular complexity index is 732. The Morgan fingerprint density at radius 3 is 2.23 bits per heavy atom. The topological polar surface area (TPSA) is 76.7 Å². The molecule has 6 heteroatoms. The molecular formula is C20H24N2O4. The minimum absolute atomic E-state index is 0.233. The van der Waals surface area contributed by atoms with Crippen LogP contribution < -0.4 is 20.1 Å². The van der Waals surface area contributed by atoms with Gasteiger partial charge in [0.2, 0.25) is 0 Å². The van der Waals surface area contributed by atoms with Gasteiger partial charge in [0.1, 0.15) is 0 Å². The van der Waals surface area contributed by atoms with Crippen LogP contribution in [0.15, 0.2) is 48.5 Å². The van der Waals surface area contributed by atoms with Crippen LogP contribution in [0.5, 0.6) is 11.5 Å². The molecule has 0 spiro atoms. The van der Waals surface area contributed by atoms with Gasteiger partial charge in [-0.3, -0.25) is 9.59 Å². The maximum atomic E-state index is 11.9. The second-order valence-corrected chi connectivity index (χ2v) is 5.72. The molecule has 2 aromatic rings. The lowest BCUT2D eigenvalue weighted by Gasteiger charge is -2.10. The van der Waals surface area contributed by atoms with E-state index in [-0.39, 0.29) is 6.54 Å². The fourth-order valence-corrected chi connectivity index (χ4v) is 2.47. The molecule has 138 valence electrons. The zero-order chi connectivity index (χ0) is 18.8. The number of hydrogen-bond acceptors (Lipinski definition) is 4. The maximum absolute atomic E-state index is 11.9. The van der Waals surface area contributed by atoms with Crippen LogP contribution in [0.3, 0.4) is 0 Å². The molecule has 0 aliphatic carbocycles. The predicted octanol–water partition coefficient (Wildman–Crippen LogP) is 2.07. The lowest BCUT2D eigenvalue weighted by atomic mass is 10.1. The SMILES string of the molecule is COc1ccc(CNC(=O)C(=O)NCCCc2ccccc2)cc1OC.